The fraction of sp³-hybridized carbons (Fsp3) is 0.340. The van der Waals surface area contributed by atoms with Crippen molar-refractivity contribution >= 4 is 6.09 Å². The van der Waals surface area contributed by atoms with Crippen LogP contribution >= 0.6 is 0 Å². The van der Waals surface area contributed by atoms with E-state index in [1.165, 1.54) is 22.3 Å². The van der Waals surface area contributed by atoms with Crippen LogP contribution in [0.5, 0.6) is 0 Å². The zero-order chi connectivity index (χ0) is 38.5. The molecule has 0 aliphatic heterocycles. The Morgan fingerprint density at radius 1 is 0.464 bits per heavy atom. The summed E-state index contributed by atoms with van der Waals surface area (Å²) in [5.74, 6) is 0.0485. The summed E-state index contributed by atoms with van der Waals surface area (Å²) in [4.78, 5) is 12.3. The average molecular weight is 760 g/mol. The van der Waals surface area contributed by atoms with Crippen molar-refractivity contribution in [1.82, 2.24) is 5.32 Å². The maximum absolute atomic E-state index is 12.3. The van der Waals surface area contributed by atoms with Gasteiger partial charge in [-0.05, 0) is 45.4 Å². The van der Waals surface area contributed by atoms with Crippen molar-refractivity contribution in [3.63, 3.8) is 0 Å². The monoisotopic (exact) mass is 759 g/mol. The van der Waals surface area contributed by atoms with E-state index in [0.717, 1.165) is 16.7 Å². The predicted molar refractivity (Wildman–Crippen MR) is 217 cm³/mol. The molecule has 0 heterocycles. The quantitative estimate of drug-likeness (QED) is 0.0473. The van der Waals surface area contributed by atoms with Gasteiger partial charge in [-0.25, -0.2) is 4.79 Å². The molecule has 0 unspecified atom stereocenters. The molecule has 294 valence electrons. The molecule has 9 heteroatoms. The molecular weight excluding hydrogens is 707 g/mol. The molecule has 0 radical (unpaired) electrons. The number of fused-ring (bicyclic) bond motifs is 3. The highest BCUT2D eigenvalue weighted by molar-refractivity contribution is 5.79. The van der Waals surface area contributed by atoms with Crippen LogP contribution in [0.4, 0.5) is 4.79 Å². The number of nitrogens with one attached hydrogen (secondary N) is 1. The van der Waals surface area contributed by atoms with Crippen LogP contribution in [0, 0.1) is 0 Å². The molecule has 0 atom stereocenters. The Morgan fingerprint density at radius 2 is 0.839 bits per heavy atom. The van der Waals surface area contributed by atoms with Crippen LogP contribution in [0.2, 0.25) is 0 Å². The van der Waals surface area contributed by atoms with Gasteiger partial charge in [0.2, 0.25) is 0 Å². The van der Waals surface area contributed by atoms with Gasteiger partial charge in [0.15, 0.2) is 0 Å². The van der Waals surface area contributed by atoms with Gasteiger partial charge in [0.1, 0.15) is 12.2 Å². The summed E-state index contributed by atoms with van der Waals surface area (Å²) in [6, 6.07) is 47.6. The fourth-order valence-electron chi connectivity index (χ4n) is 7.02. The molecule has 0 bridgehead atoms. The van der Waals surface area contributed by atoms with Gasteiger partial charge < -0.3 is 38.5 Å². The second-order valence-corrected chi connectivity index (χ2v) is 13.3. The first-order valence-electron chi connectivity index (χ1n) is 19.6. The van der Waals surface area contributed by atoms with Crippen LogP contribution in [0.15, 0.2) is 140 Å². The maximum Gasteiger partial charge on any atom is 0.407 e. The smallest absolute Gasteiger partial charge is 0.407 e. The summed E-state index contributed by atoms with van der Waals surface area (Å²) in [7, 11) is 0. The lowest BCUT2D eigenvalue weighted by atomic mass is 9.80. The third-order valence-corrected chi connectivity index (χ3v) is 9.65. The van der Waals surface area contributed by atoms with Crippen molar-refractivity contribution < 1.29 is 38.0 Å². The Kier molecular flexibility index (Phi) is 16.5. The van der Waals surface area contributed by atoms with Crippen molar-refractivity contribution in [3.8, 4) is 11.1 Å². The van der Waals surface area contributed by atoms with Crippen molar-refractivity contribution in [2.75, 3.05) is 85.8 Å². The average Bonchev–Trinajstić information content (AvgIpc) is 3.58. The summed E-state index contributed by atoms with van der Waals surface area (Å²) in [5, 5.41) is 2.82. The van der Waals surface area contributed by atoms with Crippen molar-refractivity contribution in [2.24, 2.45) is 0 Å². The normalized spacial score (nSPS) is 12.3. The summed E-state index contributed by atoms with van der Waals surface area (Å²) >= 11 is 0. The number of amides is 1. The molecule has 56 heavy (non-hydrogen) atoms. The number of rotatable bonds is 25. The largest absolute Gasteiger partial charge is 0.449 e. The Morgan fingerprint density at radius 3 is 1.29 bits per heavy atom. The van der Waals surface area contributed by atoms with Crippen LogP contribution < -0.4 is 5.32 Å². The first-order chi connectivity index (χ1) is 27.8. The number of carbonyl (C=O) groups is 1. The van der Waals surface area contributed by atoms with Crippen molar-refractivity contribution in [1.29, 1.82) is 0 Å². The molecule has 0 spiro atoms. The van der Waals surface area contributed by atoms with Gasteiger partial charge >= 0.3 is 6.09 Å². The molecule has 0 saturated heterocycles. The third kappa shape index (κ3) is 11.4. The highest BCUT2D eigenvalue weighted by Crippen LogP contribution is 2.44. The topological polar surface area (TPSA) is 93.7 Å². The van der Waals surface area contributed by atoms with Crippen LogP contribution in [0.3, 0.4) is 0 Å². The molecule has 5 aromatic rings. The number of benzene rings is 5. The van der Waals surface area contributed by atoms with Crippen molar-refractivity contribution in [2.45, 2.75) is 17.9 Å². The summed E-state index contributed by atoms with van der Waals surface area (Å²) in [6.45, 7) is 5.96. The lowest BCUT2D eigenvalue weighted by Crippen LogP contribution is -2.34. The van der Waals surface area contributed by atoms with Gasteiger partial charge in [-0.2, -0.15) is 0 Å². The van der Waals surface area contributed by atoms with Crippen LogP contribution in [0.1, 0.15) is 40.2 Å². The first kappa shape index (κ1) is 40.8. The summed E-state index contributed by atoms with van der Waals surface area (Å²) < 4.78 is 40.7. The Balaban J connectivity index is 0.738. The van der Waals surface area contributed by atoms with E-state index in [2.05, 4.69) is 66.0 Å². The fourth-order valence-corrected chi connectivity index (χ4v) is 7.02. The first-order valence-corrected chi connectivity index (χ1v) is 19.6. The molecule has 6 rings (SSSR count). The van der Waals surface area contributed by atoms with Crippen molar-refractivity contribution in [3.05, 3.63) is 167 Å². The molecule has 0 aromatic heterocycles. The summed E-state index contributed by atoms with van der Waals surface area (Å²) in [5.41, 5.74) is 7.25. The third-order valence-electron chi connectivity index (χ3n) is 9.65. The second kappa shape index (κ2) is 22.6. The molecule has 0 saturated carbocycles. The van der Waals surface area contributed by atoms with E-state index in [9.17, 15) is 4.79 Å². The van der Waals surface area contributed by atoms with Gasteiger partial charge in [-0.15, -0.1) is 0 Å². The Hall–Kier alpha value is -4.87. The zero-order valence-electron chi connectivity index (χ0n) is 32.0. The van der Waals surface area contributed by atoms with Crippen LogP contribution in [-0.2, 0) is 38.8 Å². The van der Waals surface area contributed by atoms with E-state index >= 15 is 0 Å². The highest BCUT2D eigenvalue weighted by atomic mass is 16.6. The predicted octanol–water partition coefficient (Wildman–Crippen LogP) is 8.01. The van der Waals surface area contributed by atoms with Gasteiger partial charge in [-0.3, -0.25) is 0 Å². The minimum Gasteiger partial charge on any atom is -0.449 e. The SMILES string of the molecule is O=C(NCCCOCCOCCOCCOCCOCCOC(c1ccccc1)(c1ccccc1)c1ccccc1)OCC1c2ccccc2-c2ccccc21. The van der Waals surface area contributed by atoms with Crippen LogP contribution in [0.25, 0.3) is 11.1 Å². The Labute approximate surface area is 330 Å². The second-order valence-electron chi connectivity index (χ2n) is 13.3. The number of ether oxygens (including phenoxy) is 7. The van der Waals surface area contributed by atoms with E-state index in [4.69, 9.17) is 33.2 Å². The zero-order valence-corrected chi connectivity index (χ0v) is 32.0. The minimum atomic E-state index is -0.757. The number of alkyl carbamates (subject to hydrolysis) is 1. The van der Waals surface area contributed by atoms with Gasteiger partial charge in [-0.1, -0.05) is 140 Å². The molecule has 0 fully saturated rings. The Bertz CT molecular complexity index is 1710. The molecule has 9 nitrogen and oxygen atoms in total. The van der Waals surface area contributed by atoms with E-state index in [1.807, 2.05) is 78.9 Å². The van der Waals surface area contributed by atoms with E-state index < -0.39 is 11.7 Å². The molecule has 5 aromatic carbocycles. The van der Waals surface area contributed by atoms with Crippen LogP contribution in [-0.4, -0.2) is 91.9 Å². The summed E-state index contributed by atoms with van der Waals surface area (Å²) in [6.07, 6.45) is 0.271. The number of hydrogen-bond acceptors (Lipinski definition) is 8. The lowest BCUT2D eigenvalue weighted by Gasteiger charge is -2.36. The molecular formula is C47H53NO8. The molecule has 1 aliphatic carbocycles. The number of carbonyl (C=O) groups excluding carboxylic acids is 1. The molecule has 1 amide bonds. The standard InChI is InChI=1S/C47H53NO8/c49-46(55-37-45-43-23-12-10-21-41(43)42-22-11-13-24-44(42)45)48-25-14-26-50-27-28-51-29-30-52-31-32-53-33-34-54-35-36-56-47(38-15-4-1-5-16-38,39-17-6-2-7-18-39)40-19-8-3-9-20-40/h1-13,15-24,45H,14,25-37H2,(H,48,49). The number of hydrogen-bond donors (Lipinski definition) is 1. The van der Waals surface area contributed by atoms with E-state index in [1.54, 1.807) is 0 Å². The molecule has 1 N–H and O–H groups in total. The van der Waals surface area contributed by atoms with E-state index in [-0.39, 0.29) is 5.92 Å². The van der Waals surface area contributed by atoms with Gasteiger partial charge in [0, 0.05) is 19.1 Å². The van der Waals surface area contributed by atoms with Gasteiger partial charge in [0.25, 0.3) is 0 Å². The van der Waals surface area contributed by atoms with E-state index in [0.29, 0.717) is 92.2 Å². The maximum atomic E-state index is 12.3. The lowest BCUT2D eigenvalue weighted by molar-refractivity contribution is -0.0391. The molecule has 1 aliphatic rings. The highest BCUT2D eigenvalue weighted by Gasteiger charge is 2.37. The van der Waals surface area contributed by atoms with Gasteiger partial charge in [0.05, 0.1) is 66.1 Å². The minimum absolute atomic E-state index is 0.0485.